The van der Waals surface area contributed by atoms with Gasteiger partial charge in [0, 0.05) is 43.7 Å². The lowest BCUT2D eigenvalue weighted by atomic mass is 10.0. The quantitative estimate of drug-likeness (QED) is 0.199. The monoisotopic (exact) mass is 598 g/mol. The minimum atomic E-state index is 0.667. The van der Waals surface area contributed by atoms with Crippen molar-refractivity contribution in [3.63, 3.8) is 0 Å². The first-order chi connectivity index (χ1) is 23.3. The second kappa shape index (κ2) is 9.71. The van der Waals surface area contributed by atoms with Crippen molar-refractivity contribution in [3.8, 4) is 23.1 Å². The molecule has 10 aromatic rings. The summed E-state index contributed by atoms with van der Waals surface area (Å²) in [4.78, 5) is 0. The van der Waals surface area contributed by atoms with Crippen LogP contribution in [-0.4, -0.2) is 13.7 Å². The van der Waals surface area contributed by atoms with Gasteiger partial charge in [0.25, 0.3) is 0 Å². The zero-order valence-electron chi connectivity index (χ0n) is 25.3. The SMILES string of the molecule is N#Cc1c(-n2c3ccccc3c3ccc4c(c5ccccc5n4-c4ccccc4)c32)ccc2c1c1ccccc1n2-c1ccccc1. The van der Waals surface area contributed by atoms with Crippen molar-refractivity contribution >= 4 is 65.4 Å². The minimum absolute atomic E-state index is 0.667. The Hall–Kier alpha value is -6.57. The molecule has 3 aromatic heterocycles. The van der Waals surface area contributed by atoms with Gasteiger partial charge in [-0.05, 0) is 60.7 Å². The molecule has 10 rings (SSSR count). The van der Waals surface area contributed by atoms with Crippen molar-refractivity contribution in [2.24, 2.45) is 0 Å². The molecule has 0 unspecified atom stereocenters. The van der Waals surface area contributed by atoms with E-state index in [1.807, 2.05) is 6.07 Å². The van der Waals surface area contributed by atoms with Crippen LogP contribution in [0.5, 0.6) is 0 Å². The van der Waals surface area contributed by atoms with Crippen LogP contribution >= 0.6 is 0 Å². The summed E-state index contributed by atoms with van der Waals surface area (Å²) in [5, 5.41) is 17.8. The fourth-order valence-corrected chi connectivity index (χ4v) is 7.82. The van der Waals surface area contributed by atoms with Crippen LogP contribution in [0, 0.1) is 11.3 Å². The largest absolute Gasteiger partial charge is 0.309 e. The maximum absolute atomic E-state index is 11.1. The van der Waals surface area contributed by atoms with Gasteiger partial charge in [0.2, 0.25) is 0 Å². The zero-order chi connectivity index (χ0) is 31.1. The van der Waals surface area contributed by atoms with Crippen LogP contribution in [0.15, 0.2) is 158 Å². The fourth-order valence-electron chi connectivity index (χ4n) is 7.82. The molecule has 7 aromatic carbocycles. The number of nitriles is 1. The molecule has 47 heavy (non-hydrogen) atoms. The Labute approximate surface area is 270 Å². The average Bonchev–Trinajstić information content (AvgIpc) is 3.77. The van der Waals surface area contributed by atoms with Crippen LogP contribution in [0.25, 0.3) is 82.5 Å². The van der Waals surface area contributed by atoms with Crippen molar-refractivity contribution in [2.75, 3.05) is 0 Å². The lowest BCUT2D eigenvalue weighted by Crippen LogP contribution is -2.00. The Morgan fingerprint density at radius 3 is 1.43 bits per heavy atom. The molecule has 0 aliphatic carbocycles. The highest BCUT2D eigenvalue weighted by Gasteiger charge is 2.24. The number of nitrogens with zero attached hydrogens (tertiary/aromatic N) is 4. The molecule has 0 bridgehead atoms. The predicted octanol–water partition coefficient (Wildman–Crippen LogP) is 10.8. The molecule has 218 valence electrons. The molecule has 0 saturated carbocycles. The van der Waals surface area contributed by atoms with Crippen molar-refractivity contribution in [3.05, 3.63) is 163 Å². The van der Waals surface area contributed by atoms with Gasteiger partial charge in [0.05, 0.1) is 44.4 Å². The van der Waals surface area contributed by atoms with Crippen LogP contribution in [0.3, 0.4) is 0 Å². The van der Waals surface area contributed by atoms with Gasteiger partial charge in [-0.1, -0.05) is 97.1 Å². The summed E-state index contributed by atoms with van der Waals surface area (Å²) in [6.45, 7) is 0. The van der Waals surface area contributed by atoms with Crippen LogP contribution in [0.2, 0.25) is 0 Å². The van der Waals surface area contributed by atoms with E-state index < -0.39 is 0 Å². The Morgan fingerprint density at radius 1 is 0.362 bits per heavy atom. The van der Waals surface area contributed by atoms with Crippen LogP contribution in [0.1, 0.15) is 5.56 Å². The van der Waals surface area contributed by atoms with Crippen LogP contribution < -0.4 is 0 Å². The zero-order valence-corrected chi connectivity index (χ0v) is 25.3. The van der Waals surface area contributed by atoms with Gasteiger partial charge < -0.3 is 13.7 Å². The molecule has 0 spiro atoms. The van der Waals surface area contributed by atoms with Crippen LogP contribution in [-0.2, 0) is 0 Å². The molecule has 0 aliphatic heterocycles. The van der Waals surface area contributed by atoms with Gasteiger partial charge in [-0.15, -0.1) is 0 Å². The molecule has 0 fully saturated rings. The van der Waals surface area contributed by atoms with Gasteiger partial charge >= 0.3 is 0 Å². The third kappa shape index (κ3) is 3.46. The van der Waals surface area contributed by atoms with E-state index in [1.165, 1.54) is 16.2 Å². The topological polar surface area (TPSA) is 38.6 Å². The van der Waals surface area contributed by atoms with E-state index in [-0.39, 0.29) is 0 Å². The number of fused-ring (bicyclic) bond motifs is 10. The fraction of sp³-hybridized carbons (Fsp3) is 0. The van der Waals surface area contributed by atoms with E-state index in [2.05, 4.69) is 171 Å². The van der Waals surface area contributed by atoms with E-state index in [4.69, 9.17) is 0 Å². The predicted molar refractivity (Wildman–Crippen MR) is 194 cm³/mol. The van der Waals surface area contributed by atoms with E-state index >= 15 is 0 Å². The van der Waals surface area contributed by atoms with E-state index in [0.717, 1.165) is 66.3 Å². The molecule has 3 heterocycles. The summed E-state index contributed by atoms with van der Waals surface area (Å²) in [6.07, 6.45) is 0. The first kappa shape index (κ1) is 25.7. The van der Waals surface area contributed by atoms with Gasteiger partial charge in [-0.25, -0.2) is 0 Å². The van der Waals surface area contributed by atoms with Gasteiger partial charge in [0.15, 0.2) is 0 Å². The summed E-state index contributed by atoms with van der Waals surface area (Å²) in [6, 6.07) is 58.1. The second-order valence-corrected chi connectivity index (χ2v) is 12.1. The summed E-state index contributed by atoms with van der Waals surface area (Å²) in [5.74, 6) is 0. The normalized spacial score (nSPS) is 11.8. The number of para-hydroxylation sites is 5. The number of benzene rings is 7. The Bertz CT molecular complexity index is 2900. The third-order valence-electron chi connectivity index (χ3n) is 9.67. The smallest absolute Gasteiger partial charge is 0.102 e. The average molecular weight is 599 g/mol. The maximum atomic E-state index is 11.1. The maximum Gasteiger partial charge on any atom is 0.102 e. The molecule has 0 aliphatic rings. The van der Waals surface area contributed by atoms with Gasteiger partial charge in [-0.2, -0.15) is 5.26 Å². The highest BCUT2D eigenvalue weighted by Crippen LogP contribution is 2.44. The number of aromatic nitrogens is 3. The lowest BCUT2D eigenvalue weighted by Gasteiger charge is -2.13. The Kier molecular flexibility index (Phi) is 5.32. The van der Waals surface area contributed by atoms with E-state index in [9.17, 15) is 5.26 Å². The first-order valence-corrected chi connectivity index (χ1v) is 15.9. The molecular weight excluding hydrogens is 573 g/mol. The first-order valence-electron chi connectivity index (χ1n) is 15.9. The second-order valence-electron chi connectivity index (χ2n) is 12.1. The molecular formula is C43H26N4. The van der Waals surface area contributed by atoms with Crippen LogP contribution in [0.4, 0.5) is 0 Å². The summed E-state index contributed by atoms with van der Waals surface area (Å²) in [5.41, 5.74) is 10.3. The van der Waals surface area contributed by atoms with Crippen molar-refractivity contribution in [2.45, 2.75) is 0 Å². The third-order valence-corrected chi connectivity index (χ3v) is 9.67. The Balaban J connectivity index is 1.40. The molecule has 4 nitrogen and oxygen atoms in total. The van der Waals surface area contributed by atoms with Crippen molar-refractivity contribution in [1.82, 2.24) is 13.7 Å². The highest BCUT2D eigenvalue weighted by molar-refractivity contribution is 6.26. The molecule has 0 atom stereocenters. The highest BCUT2D eigenvalue weighted by atomic mass is 15.0. The molecule has 4 heteroatoms. The summed E-state index contributed by atoms with van der Waals surface area (Å²) >= 11 is 0. The van der Waals surface area contributed by atoms with E-state index in [1.54, 1.807) is 0 Å². The summed E-state index contributed by atoms with van der Waals surface area (Å²) in [7, 11) is 0. The minimum Gasteiger partial charge on any atom is -0.309 e. The number of hydrogen-bond donors (Lipinski definition) is 0. The molecule has 0 radical (unpaired) electrons. The van der Waals surface area contributed by atoms with Gasteiger partial charge in [-0.3, -0.25) is 0 Å². The molecule has 0 amide bonds. The van der Waals surface area contributed by atoms with Crippen molar-refractivity contribution in [1.29, 1.82) is 5.26 Å². The number of rotatable bonds is 3. The van der Waals surface area contributed by atoms with E-state index in [0.29, 0.717) is 5.56 Å². The number of hydrogen-bond acceptors (Lipinski definition) is 1. The van der Waals surface area contributed by atoms with Gasteiger partial charge in [0.1, 0.15) is 6.07 Å². The summed E-state index contributed by atoms with van der Waals surface area (Å²) < 4.78 is 6.96. The van der Waals surface area contributed by atoms with Crippen molar-refractivity contribution < 1.29 is 0 Å². The lowest BCUT2D eigenvalue weighted by molar-refractivity contribution is 1.16. The Morgan fingerprint density at radius 2 is 0.830 bits per heavy atom. The molecule has 0 saturated heterocycles. The standard InChI is InChI=1S/C43H26N4/c44-27-34-38(25-26-39-41(34)32-18-8-11-21-36(32)45(39)28-13-3-1-4-14-28)47-35-20-10-7-17-30(35)31-23-24-40-42(43(31)47)33-19-9-12-22-37(33)46(40)29-15-5-2-6-16-29/h1-26H. The molecule has 0 N–H and O–H groups in total.